The fraction of sp³-hybridized carbons (Fsp3) is 0.263. The maximum atomic E-state index is 12.4. The molecule has 1 atom stereocenters. The Labute approximate surface area is 150 Å². The molecule has 2 N–H and O–H groups in total. The summed E-state index contributed by atoms with van der Waals surface area (Å²) in [5.74, 6) is -0.296. The Morgan fingerprint density at radius 2 is 2.08 bits per heavy atom. The van der Waals surface area contributed by atoms with Crippen molar-refractivity contribution >= 4 is 5.91 Å². The molecule has 0 spiro atoms. The Hall–Kier alpha value is -3.22. The second-order valence-corrected chi connectivity index (χ2v) is 6.41. The molecule has 0 saturated heterocycles. The van der Waals surface area contributed by atoms with Gasteiger partial charge in [-0.3, -0.25) is 14.3 Å². The molecule has 1 aliphatic rings. The number of aromatic nitrogens is 4. The number of carbonyl (C=O) groups excluding carboxylic acids is 1. The highest BCUT2D eigenvalue weighted by Crippen LogP contribution is 2.30. The summed E-state index contributed by atoms with van der Waals surface area (Å²) in [5, 5.41) is 13.6. The van der Waals surface area contributed by atoms with Gasteiger partial charge in [0.15, 0.2) is 0 Å². The highest BCUT2D eigenvalue weighted by Gasteiger charge is 2.26. The molecular formula is C19H19N5O2. The van der Waals surface area contributed by atoms with Crippen LogP contribution in [0.15, 0.2) is 53.5 Å². The van der Waals surface area contributed by atoms with E-state index in [0.717, 1.165) is 31.4 Å². The summed E-state index contributed by atoms with van der Waals surface area (Å²) in [5.41, 5.74) is 3.30. The van der Waals surface area contributed by atoms with E-state index in [9.17, 15) is 9.59 Å². The van der Waals surface area contributed by atoms with Gasteiger partial charge in [-0.2, -0.15) is 10.2 Å². The number of amides is 1. The van der Waals surface area contributed by atoms with Gasteiger partial charge in [-0.1, -0.05) is 30.3 Å². The molecule has 1 aliphatic carbocycles. The third kappa shape index (κ3) is 3.28. The number of hydrogen-bond acceptors (Lipinski definition) is 4. The molecule has 1 aromatic carbocycles. The van der Waals surface area contributed by atoms with Crippen molar-refractivity contribution in [3.05, 3.63) is 81.5 Å². The van der Waals surface area contributed by atoms with Crippen molar-refractivity contribution in [2.75, 3.05) is 0 Å². The number of aromatic amines is 1. The molecule has 3 aromatic rings. The third-order valence-corrected chi connectivity index (χ3v) is 4.66. The fourth-order valence-electron chi connectivity index (χ4n) is 3.36. The molecule has 0 radical (unpaired) electrons. The summed E-state index contributed by atoms with van der Waals surface area (Å²) < 4.78 is 2.02. The first kappa shape index (κ1) is 16.3. The van der Waals surface area contributed by atoms with E-state index in [-0.39, 0.29) is 23.2 Å². The number of nitrogens with one attached hydrogen (secondary N) is 2. The zero-order valence-corrected chi connectivity index (χ0v) is 14.2. The predicted molar refractivity (Wildman–Crippen MR) is 95.8 cm³/mol. The van der Waals surface area contributed by atoms with Crippen molar-refractivity contribution in [1.29, 1.82) is 0 Å². The van der Waals surface area contributed by atoms with Gasteiger partial charge in [0.05, 0.1) is 18.8 Å². The Morgan fingerprint density at radius 3 is 2.85 bits per heavy atom. The lowest BCUT2D eigenvalue weighted by Gasteiger charge is -2.24. The van der Waals surface area contributed by atoms with E-state index in [1.54, 1.807) is 0 Å². The average Bonchev–Trinajstić information content (AvgIpc) is 3.07. The lowest BCUT2D eigenvalue weighted by molar-refractivity contribution is 0.0926. The van der Waals surface area contributed by atoms with Gasteiger partial charge >= 0.3 is 0 Å². The predicted octanol–water partition coefficient (Wildman–Crippen LogP) is 1.82. The first-order chi connectivity index (χ1) is 12.7. The molecule has 1 amide bonds. The van der Waals surface area contributed by atoms with Crippen LogP contribution in [0.5, 0.6) is 0 Å². The lowest BCUT2D eigenvalue weighted by Crippen LogP contribution is -2.32. The number of H-pyrrole nitrogens is 1. The van der Waals surface area contributed by atoms with Gasteiger partial charge in [0, 0.05) is 17.3 Å². The van der Waals surface area contributed by atoms with Crippen molar-refractivity contribution in [3.63, 3.8) is 0 Å². The van der Waals surface area contributed by atoms with Crippen LogP contribution in [-0.2, 0) is 13.0 Å². The Balaban J connectivity index is 1.53. The van der Waals surface area contributed by atoms with Crippen LogP contribution in [0.3, 0.4) is 0 Å². The molecule has 0 bridgehead atoms. The largest absolute Gasteiger partial charge is 0.344 e. The Kier molecular flexibility index (Phi) is 4.35. The van der Waals surface area contributed by atoms with Crippen molar-refractivity contribution in [2.24, 2.45) is 0 Å². The number of fused-ring (bicyclic) bond motifs is 1. The number of benzene rings is 1. The van der Waals surface area contributed by atoms with Gasteiger partial charge in [-0.05, 0) is 30.9 Å². The first-order valence-electron chi connectivity index (χ1n) is 8.66. The summed E-state index contributed by atoms with van der Waals surface area (Å²) in [4.78, 5) is 23.5. The van der Waals surface area contributed by atoms with Gasteiger partial charge in [0.25, 0.3) is 11.5 Å². The van der Waals surface area contributed by atoms with Crippen LogP contribution in [-0.4, -0.2) is 25.9 Å². The van der Waals surface area contributed by atoms with Crippen molar-refractivity contribution in [3.8, 4) is 0 Å². The first-order valence-corrected chi connectivity index (χ1v) is 8.66. The van der Waals surface area contributed by atoms with Gasteiger partial charge in [-0.25, -0.2) is 5.10 Å². The molecule has 1 unspecified atom stereocenters. The van der Waals surface area contributed by atoms with Crippen LogP contribution in [0.4, 0.5) is 0 Å². The molecule has 26 heavy (non-hydrogen) atoms. The smallest absolute Gasteiger partial charge is 0.272 e. The molecule has 2 heterocycles. The third-order valence-electron chi connectivity index (χ3n) is 4.66. The van der Waals surface area contributed by atoms with Crippen LogP contribution in [0.1, 0.15) is 46.2 Å². The maximum absolute atomic E-state index is 12.4. The van der Waals surface area contributed by atoms with E-state index in [4.69, 9.17) is 0 Å². The van der Waals surface area contributed by atoms with Gasteiger partial charge < -0.3 is 5.32 Å². The SMILES string of the molecule is O=C(NC1CCCc2c1cnn2Cc1ccccc1)c1ccc(=O)[nH]n1. The number of hydrogen-bond donors (Lipinski definition) is 2. The van der Waals surface area contributed by atoms with Crippen molar-refractivity contribution in [1.82, 2.24) is 25.3 Å². The normalized spacial score (nSPS) is 16.1. The van der Waals surface area contributed by atoms with Crippen molar-refractivity contribution < 1.29 is 4.79 Å². The zero-order chi connectivity index (χ0) is 17.9. The van der Waals surface area contributed by atoms with E-state index in [2.05, 4.69) is 32.7 Å². The minimum atomic E-state index is -0.330. The summed E-state index contributed by atoms with van der Waals surface area (Å²) >= 11 is 0. The Bertz CT molecular complexity index is 957. The highest BCUT2D eigenvalue weighted by molar-refractivity contribution is 5.92. The summed E-state index contributed by atoms with van der Waals surface area (Å²) in [6.45, 7) is 0.721. The van der Waals surface area contributed by atoms with Crippen LogP contribution >= 0.6 is 0 Å². The molecule has 7 nitrogen and oxygen atoms in total. The maximum Gasteiger partial charge on any atom is 0.272 e. The number of rotatable bonds is 4. The van der Waals surface area contributed by atoms with Crippen LogP contribution in [0, 0.1) is 0 Å². The summed E-state index contributed by atoms with van der Waals surface area (Å²) in [7, 11) is 0. The molecule has 4 rings (SSSR count). The van der Waals surface area contributed by atoms with Gasteiger partial charge in [0.1, 0.15) is 5.69 Å². The molecule has 7 heteroatoms. The fourth-order valence-corrected chi connectivity index (χ4v) is 3.36. The van der Waals surface area contributed by atoms with Crippen LogP contribution < -0.4 is 10.9 Å². The molecule has 0 aliphatic heterocycles. The quantitative estimate of drug-likeness (QED) is 0.751. The van der Waals surface area contributed by atoms with E-state index >= 15 is 0 Å². The van der Waals surface area contributed by atoms with Gasteiger partial charge in [0.2, 0.25) is 0 Å². The molecule has 0 saturated carbocycles. The average molecular weight is 349 g/mol. The minimum Gasteiger partial charge on any atom is -0.344 e. The van der Waals surface area contributed by atoms with E-state index in [1.165, 1.54) is 23.4 Å². The highest BCUT2D eigenvalue weighted by atomic mass is 16.2. The summed E-state index contributed by atoms with van der Waals surface area (Å²) in [6.07, 6.45) is 4.64. The number of carbonyl (C=O) groups is 1. The zero-order valence-electron chi connectivity index (χ0n) is 14.2. The van der Waals surface area contributed by atoms with Crippen LogP contribution in [0.25, 0.3) is 0 Å². The molecular weight excluding hydrogens is 330 g/mol. The molecule has 2 aromatic heterocycles. The minimum absolute atomic E-state index is 0.0931. The number of nitrogens with zero attached hydrogens (tertiary/aromatic N) is 3. The van der Waals surface area contributed by atoms with Crippen molar-refractivity contribution in [2.45, 2.75) is 31.8 Å². The van der Waals surface area contributed by atoms with E-state index < -0.39 is 0 Å². The summed E-state index contributed by atoms with van der Waals surface area (Å²) in [6, 6.07) is 12.8. The second-order valence-electron chi connectivity index (χ2n) is 6.41. The standard InChI is InChI=1S/C19H19N5O2/c25-18-10-9-16(22-23-18)19(26)21-15-7-4-8-17-14(15)11-20-24(17)12-13-5-2-1-3-6-13/h1-3,5-6,9-11,15H,4,7-8,12H2,(H,21,26)(H,23,25). The molecule has 0 fully saturated rings. The second kappa shape index (κ2) is 6.95. The van der Waals surface area contributed by atoms with Gasteiger partial charge in [-0.15, -0.1) is 0 Å². The lowest BCUT2D eigenvalue weighted by atomic mass is 9.92. The van der Waals surface area contributed by atoms with E-state index in [0.29, 0.717) is 0 Å². The monoisotopic (exact) mass is 349 g/mol. The van der Waals surface area contributed by atoms with Crippen LogP contribution in [0.2, 0.25) is 0 Å². The van der Waals surface area contributed by atoms with E-state index in [1.807, 2.05) is 29.1 Å². The topological polar surface area (TPSA) is 92.7 Å². The Morgan fingerprint density at radius 1 is 1.23 bits per heavy atom. The molecule has 132 valence electrons.